The summed E-state index contributed by atoms with van der Waals surface area (Å²) in [5, 5.41) is 0. The molecule has 0 radical (unpaired) electrons. The van der Waals surface area contributed by atoms with Crippen molar-refractivity contribution in [1.82, 2.24) is 0 Å². The molecular formula is C23H42O4. The summed E-state index contributed by atoms with van der Waals surface area (Å²) >= 11 is 0. The van der Waals surface area contributed by atoms with E-state index in [1.807, 2.05) is 0 Å². The molecule has 0 rings (SSSR count). The number of ether oxygens (including phenoxy) is 2. The molecule has 0 amide bonds. The van der Waals surface area contributed by atoms with Gasteiger partial charge in [-0.3, -0.25) is 9.59 Å². The van der Waals surface area contributed by atoms with Crippen LogP contribution in [-0.2, 0) is 19.1 Å². The summed E-state index contributed by atoms with van der Waals surface area (Å²) in [5.74, 6) is -0.0762. The van der Waals surface area contributed by atoms with E-state index in [1.165, 1.54) is 37.7 Å². The molecule has 27 heavy (non-hydrogen) atoms. The molecule has 0 aliphatic rings. The SMILES string of the molecule is CCCCCCCCCOC(=O)CCC(=O)OCCC(C)CCC=C(C)C. The molecule has 158 valence electrons. The van der Waals surface area contributed by atoms with Gasteiger partial charge in [-0.2, -0.15) is 0 Å². The maximum Gasteiger partial charge on any atom is 0.306 e. The van der Waals surface area contributed by atoms with E-state index in [9.17, 15) is 9.59 Å². The Morgan fingerprint density at radius 3 is 1.96 bits per heavy atom. The predicted molar refractivity (Wildman–Crippen MR) is 112 cm³/mol. The average molecular weight is 383 g/mol. The predicted octanol–water partition coefficient (Wildman–Crippen LogP) is 6.38. The Morgan fingerprint density at radius 2 is 1.37 bits per heavy atom. The normalized spacial score (nSPS) is 11.7. The van der Waals surface area contributed by atoms with E-state index in [0.717, 1.165) is 32.1 Å². The fourth-order valence-electron chi connectivity index (χ4n) is 2.77. The molecule has 0 saturated carbocycles. The van der Waals surface area contributed by atoms with Crippen molar-refractivity contribution in [2.45, 2.75) is 105 Å². The lowest BCUT2D eigenvalue weighted by Crippen LogP contribution is -2.12. The minimum atomic E-state index is -0.306. The summed E-state index contributed by atoms with van der Waals surface area (Å²) in [6, 6.07) is 0. The summed E-state index contributed by atoms with van der Waals surface area (Å²) in [6.45, 7) is 9.49. The van der Waals surface area contributed by atoms with Crippen LogP contribution < -0.4 is 0 Å². The zero-order chi connectivity index (χ0) is 20.3. The second-order valence-electron chi connectivity index (χ2n) is 7.81. The highest BCUT2D eigenvalue weighted by Gasteiger charge is 2.10. The molecule has 0 heterocycles. The number of hydrogen-bond donors (Lipinski definition) is 0. The third-order valence-electron chi connectivity index (χ3n) is 4.63. The first kappa shape index (κ1) is 25.7. The number of hydrogen-bond acceptors (Lipinski definition) is 4. The van der Waals surface area contributed by atoms with Gasteiger partial charge < -0.3 is 9.47 Å². The molecule has 0 aliphatic carbocycles. The van der Waals surface area contributed by atoms with Crippen LogP contribution in [0, 0.1) is 5.92 Å². The average Bonchev–Trinajstić information content (AvgIpc) is 2.62. The third-order valence-corrected chi connectivity index (χ3v) is 4.63. The lowest BCUT2D eigenvalue weighted by Gasteiger charge is -2.10. The molecule has 0 bridgehead atoms. The van der Waals surface area contributed by atoms with E-state index < -0.39 is 0 Å². The fraction of sp³-hybridized carbons (Fsp3) is 0.826. The summed E-state index contributed by atoms with van der Waals surface area (Å²) in [7, 11) is 0. The zero-order valence-electron chi connectivity index (χ0n) is 18.2. The minimum absolute atomic E-state index is 0.113. The second-order valence-corrected chi connectivity index (χ2v) is 7.81. The molecule has 0 aromatic rings. The van der Waals surface area contributed by atoms with Crippen molar-refractivity contribution in [3.05, 3.63) is 11.6 Å². The summed E-state index contributed by atoms with van der Waals surface area (Å²) in [5.41, 5.74) is 1.34. The van der Waals surface area contributed by atoms with Crippen LogP contribution in [-0.4, -0.2) is 25.2 Å². The van der Waals surface area contributed by atoms with E-state index in [-0.39, 0.29) is 24.8 Å². The van der Waals surface area contributed by atoms with Gasteiger partial charge in [-0.25, -0.2) is 0 Å². The molecule has 0 saturated heterocycles. The molecule has 0 fully saturated rings. The van der Waals surface area contributed by atoms with Crippen molar-refractivity contribution < 1.29 is 19.1 Å². The number of esters is 2. The quantitative estimate of drug-likeness (QED) is 0.166. The van der Waals surface area contributed by atoms with Gasteiger partial charge in [0.1, 0.15) is 0 Å². The first-order chi connectivity index (χ1) is 13.0. The van der Waals surface area contributed by atoms with Gasteiger partial charge in [-0.15, -0.1) is 0 Å². The molecule has 1 atom stereocenters. The van der Waals surface area contributed by atoms with E-state index in [0.29, 0.717) is 19.1 Å². The van der Waals surface area contributed by atoms with E-state index in [1.54, 1.807) is 0 Å². The maximum atomic E-state index is 11.7. The van der Waals surface area contributed by atoms with Gasteiger partial charge in [-0.05, 0) is 45.4 Å². The van der Waals surface area contributed by atoms with Crippen LogP contribution in [0.2, 0.25) is 0 Å². The highest BCUT2D eigenvalue weighted by atomic mass is 16.5. The van der Waals surface area contributed by atoms with Gasteiger partial charge in [0.05, 0.1) is 26.1 Å². The summed E-state index contributed by atoms with van der Waals surface area (Å²) < 4.78 is 10.4. The van der Waals surface area contributed by atoms with Crippen LogP contribution in [0.5, 0.6) is 0 Å². The Kier molecular flexibility index (Phi) is 17.2. The van der Waals surface area contributed by atoms with Gasteiger partial charge in [-0.1, -0.05) is 64.0 Å². The number of unbranched alkanes of at least 4 members (excludes halogenated alkanes) is 6. The van der Waals surface area contributed by atoms with Crippen molar-refractivity contribution in [2.75, 3.05) is 13.2 Å². The van der Waals surface area contributed by atoms with Gasteiger partial charge in [0, 0.05) is 0 Å². The van der Waals surface area contributed by atoms with Gasteiger partial charge in [0.25, 0.3) is 0 Å². The number of carbonyl (C=O) groups is 2. The summed E-state index contributed by atoms with van der Waals surface area (Å²) in [4.78, 5) is 23.3. The van der Waals surface area contributed by atoms with E-state index in [4.69, 9.17) is 9.47 Å². The second kappa shape index (κ2) is 18.1. The van der Waals surface area contributed by atoms with Crippen LogP contribution in [0.15, 0.2) is 11.6 Å². The van der Waals surface area contributed by atoms with Crippen LogP contribution in [0.3, 0.4) is 0 Å². The molecule has 4 heteroatoms. The molecule has 0 aliphatic heterocycles. The standard InChI is InChI=1S/C23H42O4/c1-5-6-7-8-9-10-11-18-26-22(24)15-16-23(25)27-19-17-21(4)14-12-13-20(2)3/h13,21H,5-12,14-19H2,1-4H3. The Bertz CT molecular complexity index is 411. The van der Waals surface area contributed by atoms with Gasteiger partial charge in [0.15, 0.2) is 0 Å². The molecule has 4 nitrogen and oxygen atoms in total. The maximum absolute atomic E-state index is 11.7. The highest BCUT2D eigenvalue weighted by Crippen LogP contribution is 2.12. The fourth-order valence-corrected chi connectivity index (χ4v) is 2.77. The smallest absolute Gasteiger partial charge is 0.306 e. The van der Waals surface area contributed by atoms with Crippen molar-refractivity contribution in [3.63, 3.8) is 0 Å². The lowest BCUT2D eigenvalue weighted by atomic mass is 10.0. The van der Waals surface area contributed by atoms with Gasteiger partial charge >= 0.3 is 11.9 Å². The monoisotopic (exact) mass is 382 g/mol. The van der Waals surface area contributed by atoms with Crippen LogP contribution in [0.4, 0.5) is 0 Å². The van der Waals surface area contributed by atoms with Crippen molar-refractivity contribution in [2.24, 2.45) is 5.92 Å². The van der Waals surface area contributed by atoms with E-state index >= 15 is 0 Å². The third kappa shape index (κ3) is 19.3. The minimum Gasteiger partial charge on any atom is -0.466 e. The molecular weight excluding hydrogens is 340 g/mol. The van der Waals surface area contributed by atoms with Crippen molar-refractivity contribution in [3.8, 4) is 0 Å². The first-order valence-electron chi connectivity index (χ1n) is 10.9. The number of allylic oxidation sites excluding steroid dienone is 2. The topological polar surface area (TPSA) is 52.6 Å². The number of carbonyl (C=O) groups excluding carboxylic acids is 2. The Hall–Kier alpha value is -1.32. The highest BCUT2D eigenvalue weighted by molar-refractivity contribution is 5.77. The number of rotatable bonds is 17. The molecule has 0 spiro atoms. The van der Waals surface area contributed by atoms with Crippen molar-refractivity contribution in [1.29, 1.82) is 0 Å². The molecule has 0 N–H and O–H groups in total. The Balaban J connectivity index is 3.52. The first-order valence-corrected chi connectivity index (χ1v) is 10.9. The molecule has 1 unspecified atom stereocenters. The van der Waals surface area contributed by atoms with Crippen LogP contribution in [0.25, 0.3) is 0 Å². The molecule has 0 aromatic heterocycles. The van der Waals surface area contributed by atoms with Crippen molar-refractivity contribution >= 4 is 11.9 Å². The Morgan fingerprint density at radius 1 is 0.815 bits per heavy atom. The lowest BCUT2D eigenvalue weighted by molar-refractivity contribution is -0.150. The van der Waals surface area contributed by atoms with Gasteiger partial charge in [0.2, 0.25) is 0 Å². The van der Waals surface area contributed by atoms with Crippen LogP contribution >= 0.6 is 0 Å². The molecule has 0 aromatic carbocycles. The van der Waals surface area contributed by atoms with Crippen LogP contribution in [0.1, 0.15) is 105 Å². The Labute approximate surface area is 167 Å². The largest absolute Gasteiger partial charge is 0.466 e. The zero-order valence-corrected chi connectivity index (χ0v) is 18.2. The summed E-state index contributed by atoms with van der Waals surface area (Å²) in [6.07, 6.45) is 13.9. The van der Waals surface area contributed by atoms with E-state index in [2.05, 4.69) is 33.8 Å².